The third-order valence-corrected chi connectivity index (χ3v) is 4.29. The van der Waals surface area contributed by atoms with E-state index in [1.165, 1.54) is 37.2 Å². The van der Waals surface area contributed by atoms with E-state index in [0.29, 0.717) is 11.3 Å². The van der Waals surface area contributed by atoms with Crippen LogP contribution < -0.4 is 15.8 Å². The van der Waals surface area contributed by atoms with Crippen LogP contribution in [0.3, 0.4) is 0 Å². The molecule has 0 unspecified atom stereocenters. The molecule has 0 aliphatic rings. The number of hydrogen-bond donors (Lipinski definition) is 2. The van der Waals surface area contributed by atoms with Gasteiger partial charge in [0.15, 0.2) is 0 Å². The zero-order valence-electron chi connectivity index (χ0n) is 15.0. The Bertz CT molecular complexity index is 1040. The Morgan fingerprint density at radius 3 is 2.46 bits per heavy atom. The highest BCUT2D eigenvalue weighted by atomic mass is 35.5. The van der Waals surface area contributed by atoms with E-state index in [0.717, 1.165) is 0 Å². The van der Waals surface area contributed by atoms with Crippen molar-refractivity contribution in [2.75, 3.05) is 25.2 Å². The van der Waals surface area contributed by atoms with Crippen LogP contribution in [-0.2, 0) is 13.2 Å². The molecule has 1 aromatic carbocycles. The zero-order chi connectivity index (χ0) is 20.6. The number of halogens is 4. The fraction of sp³-hybridized carbons (Fsp3) is 0.250. The summed E-state index contributed by atoms with van der Waals surface area (Å²) < 4.78 is 48.0. The van der Waals surface area contributed by atoms with Crippen molar-refractivity contribution in [3.8, 4) is 28.3 Å². The third kappa shape index (κ3) is 3.40. The first-order valence-electron chi connectivity index (χ1n) is 7.82. The topological polar surface area (TPSA) is 104 Å². The molecular weight excluding hydrogens is 399 g/mol. The number of rotatable bonds is 4. The maximum atomic E-state index is 13.7. The van der Waals surface area contributed by atoms with E-state index in [1.807, 2.05) is 0 Å². The number of nitrogens with one attached hydrogen (secondary N) is 1. The summed E-state index contributed by atoms with van der Waals surface area (Å²) in [7, 11) is 4.36. The first-order chi connectivity index (χ1) is 13.2. The molecule has 0 aliphatic carbocycles. The van der Waals surface area contributed by atoms with Gasteiger partial charge < -0.3 is 15.8 Å². The standard InChI is InChI=1S/C16H15ClF3N7O/c1-22-14-12(16(18,19)20)13(24-15(21)25-14)7-5-11(28-3)8(4-9(7)17)10-6-23-26-27(10)2/h4-6H,1-3H3,(H3,21,22,24,25). The van der Waals surface area contributed by atoms with E-state index in [-0.39, 0.29) is 22.3 Å². The van der Waals surface area contributed by atoms with E-state index >= 15 is 0 Å². The van der Waals surface area contributed by atoms with Crippen LogP contribution in [0.25, 0.3) is 22.5 Å². The van der Waals surface area contributed by atoms with Crippen molar-refractivity contribution in [1.29, 1.82) is 0 Å². The van der Waals surface area contributed by atoms with Gasteiger partial charge in [-0.25, -0.2) is 9.67 Å². The number of anilines is 2. The number of nitrogens with two attached hydrogens (primary N) is 1. The number of alkyl halides is 3. The lowest BCUT2D eigenvalue weighted by Gasteiger charge is -2.18. The maximum absolute atomic E-state index is 13.7. The fourth-order valence-corrected chi connectivity index (χ4v) is 3.01. The molecule has 0 aliphatic heterocycles. The summed E-state index contributed by atoms with van der Waals surface area (Å²) in [5.74, 6) is -0.520. The van der Waals surface area contributed by atoms with Crippen LogP contribution in [-0.4, -0.2) is 39.1 Å². The number of benzene rings is 1. The minimum atomic E-state index is -4.75. The summed E-state index contributed by atoms with van der Waals surface area (Å²) in [6.45, 7) is 0. The molecule has 0 bridgehead atoms. The molecule has 148 valence electrons. The SMILES string of the molecule is CNc1nc(N)nc(-c2cc(OC)c(-c3cnnn3C)cc2Cl)c1C(F)(F)F. The molecule has 12 heteroatoms. The lowest BCUT2D eigenvalue weighted by atomic mass is 10.0. The Balaban J connectivity index is 2.31. The van der Waals surface area contributed by atoms with Crippen molar-refractivity contribution in [2.45, 2.75) is 6.18 Å². The highest BCUT2D eigenvalue weighted by Gasteiger charge is 2.39. The molecule has 28 heavy (non-hydrogen) atoms. The van der Waals surface area contributed by atoms with Crippen molar-refractivity contribution in [2.24, 2.45) is 7.05 Å². The Morgan fingerprint density at radius 1 is 1.21 bits per heavy atom. The largest absolute Gasteiger partial charge is 0.496 e. The van der Waals surface area contributed by atoms with Gasteiger partial charge in [0.1, 0.15) is 17.1 Å². The number of ether oxygens (including phenoxy) is 1. The van der Waals surface area contributed by atoms with E-state index < -0.39 is 23.3 Å². The summed E-state index contributed by atoms with van der Waals surface area (Å²) in [6.07, 6.45) is -3.26. The Morgan fingerprint density at radius 2 is 1.93 bits per heavy atom. The highest BCUT2D eigenvalue weighted by Crippen LogP contribution is 2.45. The molecule has 0 fully saturated rings. The molecule has 8 nitrogen and oxygen atoms in total. The summed E-state index contributed by atoms with van der Waals surface area (Å²) in [5, 5.41) is 10.0. The number of methoxy groups -OCH3 is 1. The fourth-order valence-electron chi connectivity index (χ4n) is 2.76. The zero-order valence-corrected chi connectivity index (χ0v) is 15.7. The van der Waals surface area contributed by atoms with Crippen LogP contribution in [0.15, 0.2) is 18.3 Å². The van der Waals surface area contributed by atoms with Crippen LogP contribution in [0.1, 0.15) is 5.56 Å². The molecule has 0 amide bonds. The molecule has 0 radical (unpaired) electrons. The number of aromatic nitrogens is 5. The van der Waals surface area contributed by atoms with Gasteiger partial charge in [0.2, 0.25) is 5.95 Å². The van der Waals surface area contributed by atoms with Crippen LogP contribution in [0.5, 0.6) is 5.75 Å². The van der Waals surface area contributed by atoms with Crippen molar-refractivity contribution >= 4 is 23.4 Å². The van der Waals surface area contributed by atoms with Crippen LogP contribution in [0.4, 0.5) is 24.9 Å². The van der Waals surface area contributed by atoms with E-state index in [2.05, 4.69) is 25.6 Å². The van der Waals surface area contributed by atoms with Gasteiger partial charge in [-0.05, 0) is 12.1 Å². The average Bonchev–Trinajstić information content (AvgIpc) is 3.05. The van der Waals surface area contributed by atoms with E-state index in [9.17, 15) is 13.2 Å². The predicted octanol–water partition coefficient (Wildman–Crippen LogP) is 3.24. The van der Waals surface area contributed by atoms with Gasteiger partial charge >= 0.3 is 6.18 Å². The second-order valence-electron chi connectivity index (χ2n) is 5.68. The molecule has 3 rings (SSSR count). The number of nitrogens with zero attached hydrogens (tertiary/aromatic N) is 5. The van der Waals surface area contributed by atoms with Crippen LogP contribution in [0.2, 0.25) is 5.02 Å². The summed E-state index contributed by atoms with van der Waals surface area (Å²) in [5.41, 5.74) is 5.14. The predicted molar refractivity (Wildman–Crippen MR) is 98.0 cm³/mol. The van der Waals surface area contributed by atoms with Crippen molar-refractivity contribution < 1.29 is 17.9 Å². The highest BCUT2D eigenvalue weighted by molar-refractivity contribution is 6.33. The third-order valence-electron chi connectivity index (χ3n) is 3.98. The van der Waals surface area contributed by atoms with Crippen LogP contribution in [0, 0.1) is 0 Å². The number of aryl methyl sites for hydroxylation is 1. The minimum Gasteiger partial charge on any atom is -0.496 e. The van der Waals surface area contributed by atoms with Gasteiger partial charge in [-0.3, -0.25) is 0 Å². The quantitative estimate of drug-likeness (QED) is 0.676. The van der Waals surface area contributed by atoms with Gasteiger partial charge in [0, 0.05) is 25.2 Å². The molecule has 0 spiro atoms. The molecule has 2 aromatic heterocycles. The Labute approximate surface area is 162 Å². The van der Waals surface area contributed by atoms with Crippen molar-refractivity contribution in [3.05, 3.63) is 28.9 Å². The maximum Gasteiger partial charge on any atom is 0.422 e. The molecule has 0 saturated carbocycles. The van der Waals surface area contributed by atoms with Crippen molar-refractivity contribution in [1.82, 2.24) is 25.0 Å². The summed E-state index contributed by atoms with van der Waals surface area (Å²) >= 11 is 6.34. The molecule has 3 N–H and O–H groups in total. The van der Waals surface area contributed by atoms with Crippen LogP contribution >= 0.6 is 11.6 Å². The second-order valence-corrected chi connectivity index (χ2v) is 6.08. The van der Waals surface area contributed by atoms with Crippen molar-refractivity contribution in [3.63, 3.8) is 0 Å². The van der Waals surface area contributed by atoms with E-state index in [1.54, 1.807) is 7.05 Å². The van der Waals surface area contributed by atoms with Gasteiger partial charge in [-0.2, -0.15) is 18.2 Å². The minimum absolute atomic E-state index is 0.00433. The van der Waals surface area contributed by atoms with Gasteiger partial charge in [0.05, 0.1) is 29.7 Å². The first kappa shape index (κ1) is 19.7. The summed E-state index contributed by atoms with van der Waals surface area (Å²) in [6, 6.07) is 2.83. The number of hydrogen-bond acceptors (Lipinski definition) is 7. The molecule has 0 atom stereocenters. The lowest BCUT2D eigenvalue weighted by molar-refractivity contribution is -0.136. The molecule has 2 heterocycles. The summed E-state index contributed by atoms with van der Waals surface area (Å²) in [4.78, 5) is 7.43. The van der Waals surface area contributed by atoms with E-state index in [4.69, 9.17) is 22.1 Å². The molecular formula is C16H15ClF3N7O. The van der Waals surface area contributed by atoms with Gasteiger partial charge in [-0.1, -0.05) is 16.8 Å². The Hall–Kier alpha value is -3.08. The second kappa shape index (κ2) is 7.15. The Kier molecular flexibility index (Phi) is 5.02. The molecule has 0 saturated heterocycles. The monoisotopic (exact) mass is 413 g/mol. The normalized spacial score (nSPS) is 11.5. The molecule has 3 aromatic rings. The first-order valence-corrected chi connectivity index (χ1v) is 8.20. The number of nitrogen functional groups attached to an aromatic ring is 1. The average molecular weight is 414 g/mol. The van der Waals surface area contributed by atoms with Gasteiger partial charge in [0.25, 0.3) is 0 Å². The smallest absolute Gasteiger partial charge is 0.422 e. The van der Waals surface area contributed by atoms with Gasteiger partial charge in [-0.15, -0.1) is 5.10 Å². The lowest BCUT2D eigenvalue weighted by Crippen LogP contribution is -2.15.